The number of hydrogen-bond acceptors (Lipinski definition) is 2. The van der Waals surface area contributed by atoms with Crippen molar-refractivity contribution in [3.05, 3.63) is 48.0 Å². The third-order valence-electron chi connectivity index (χ3n) is 2.28. The molecular weight excluding hydrogens is 188 g/mol. The van der Waals surface area contributed by atoms with Gasteiger partial charge in [-0.05, 0) is 11.1 Å². The Kier molecular flexibility index (Phi) is 4.28. The lowest BCUT2D eigenvalue weighted by Crippen LogP contribution is -2.06. The molecule has 0 amide bonds. The Morgan fingerprint density at radius 2 is 1.80 bits per heavy atom. The van der Waals surface area contributed by atoms with Gasteiger partial charge in [-0.25, -0.2) is 0 Å². The molecular formula is C13H16O2. The molecule has 0 aliphatic rings. The van der Waals surface area contributed by atoms with Gasteiger partial charge in [-0.1, -0.05) is 43.5 Å². The van der Waals surface area contributed by atoms with Crippen LogP contribution in [-0.4, -0.2) is 14.2 Å². The average molecular weight is 204 g/mol. The van der Waals surface area contributed by atoms with E-state index < -0.39 is 0 Å². The van der Waals surface area contributed by atoms with Gasteiger partial charge in [-0.3, -0.25) is 0 Å². The second kappa shape index (κ2) is 5.49. The highest BCUT2D eigenvalue weighted by Crippen LogP contribution is 2.25. The van der Waals surface area contributed by atoms with Crippen molar-refractivity contribution in [3.8, 4) is 0 Å². The summed E-state index contributed by atoms with van der Waals surface area (Å²) in [6.45, 7) is 7.55. The second-order valence-electron chi connectivity index (χ2n) is 3.06. The highest BCUT2D eigenvalue weighted by Gasteiger charge is 2.13. The molecule has 1 rings (SSSR count). The van der Waals surface area contributed by atoms with Crippen LogP contribution in [0.2, 0.25) is 0 Å². The van der Waals surface area contributed by atoms with Crippen molar-refractivity contribution < 1.29 is 9.47 Å². The molecule has 0 unspecified atom stereocenters. The first-order valence-corrected chi connectivity index (χ1v) is 4.71. The van der Waals surface area contributed by atoms with Gasteiger partial charge in [0.05, 0.1) is 0 Å². The molecule has 15 heavy (non-hydrogen) atoms. The zero-order valence-corrected chi connectivity index (χ0v) is 9.19. The molecule has 0 bridgehead atoms. The third kappa shape index (κ3) is 2.35. The minimum Gasteiger partial charge on any atom is -0.352 e. The number of rotatable bonds is 5. The lowest BCUT2D eigenvalue weighted by atomic mass is 10.0. The van der Waals surface area contributed by atoms with E-state index in [0.717, 1.165) is 16.7 Å². The summed E-state index contributed by atoms with van der Waals surface area (Å²) in [6.07, 6.45) is 3.22. The summed E-state index contributed by atoms with van der Waals surface area (Å²) in [7, 11) is 3.23. The Balaban J connectivity index is 3.27. The van der Waals surface area contributed by atoms with Gasteiger partial charge >= 0.3 is 0 Å². The Morgan fingerprint density at radius 3 is 2.27 bits per heavy atom. The average Bonchev–Trinajstić information content (AvgIpc) is 2.30. The summed E-state index contributed by atoms with van der Waals surface area (Å²) in [5.41, 5.74) is 3.00. The van der Waals surface area contributed by atoms with Gasteiger partial charge in [0.25, 0.3) is 0 Å². The first-order valence-electron chi connectivity index (χ1n) is 4.71. The maximum absolute atomic E-state index is 5.22. The van der Waals surface area contributed by atoms with E-state index in [4.69, 9.17) is 9.47 Å². The minimum atomic E-state index is -0.363. The Morgan fingerprint density at radius 1 is 1.13 bits per heavy atom. The van der Waals surface area contributed by atoms with Crippen LogP contribution in [0.25, 0.3) is 12.2 Å². The molecule has 0 radical (unpaired) electrons. The predicted octanol–water partition coefficient (Wildman–Crippen LogP) is 3.26. The molecule has 1 aromatic carbocycles. The van der Waals surface area contributed by atoms with Crippen LogP contribution in [-0.2, 0) is 9.47 Å². The summed E-state index contributed by atoms with van der Waals surface area (Å²) >= 11 is 0. The highest BCUT2D eigenvalue weighted by molar-refractivity contribution is 5.66. The van der Waals surface area contributed by atoms with Gasteiger partial charge in [0.2, 0.25) is 0 Å². The van der Waals surface area contributed by atoms with Crippen LogP contribution in [0, 0.1) is 0 Å². The summed E-state index contributed by atoms with van der Waals surface area (Å²) in [6, 6.07) is 5.89. The Labute approximate surface area is 90.8 Å². The SMILES string of the molecule is C=Cc1cccc(C(OC)OC)c1C=C. The van der Waals surface area contributed by atoms with Crippen molar-refractivity contribution in [1.82, 2.24) is 0 Å². The molecule has 0 fully saturated rings. The summed E-state index contributed by atoms with van der Waals surface area (Å²) in [5.74, 6) is 0. The van der Waals surface area contributed by atoms with E-state index in [1.54, 1.807) is 26.4 Å². The smallest absolute Gasteiger partial charge is 0.183 e. The Hall–Kier alpha value is -1.38. The maximum Gasteiger partial charge on any atom is 0.183 e. The summed E-state index contributed by atoms with van der Waals surface area (Å²) in [5, 5.41) is 0. The zero-order chi connectivity index (χ0) is 11.3. The molecule has 0 aliphatic carbocycles. The van der Waals surface area contributed by atoms with Gasteiger partial charge < -0.3 is 9.47 Å². The van der Waals surface area contributed by atoms with Crippen molar-refractivity contribution in [2.45, 2.75) is 6.29 Å². The van der Waals surface area contributed by atoms with Crippen LogP contribution in [0.4, 0.5) is 0 Å². The number of methoxy groups -OCH3 is 2. The van der Waals surface area contributed by atoms with Crippen molar-refractivity contribution >= 4 is 12.2 Å². The molecule has 2 nitrogen and oxygen atoms in total. The molecule has 0 saturated carbocycles. The standard InChI is InChI=1S/C13H16O2/c1-5-10-8-7-9-12(11(10)6-2)13(14-3)15-4/h5-9,13H,1-2H2,3-4H3. The van der Waals surface area contributed by atoms with Crippen LogP contribution in [0.3, 0.4) is 0 Å². The Bertz CT molecular complexity index is 352. The zero-order valence-electron chi connectivity index (χ0n) is 9.19. The highest BCUT2D eigenvalue weighted by atomic mass is 16.7. The molecule has 0 saturated heterocycles. The monoisotopic (exact) mass is 204 g/mol. The lowest BCUT2D eigenvalue weighted by molar-refractivity contribution is -0.106. The topological polar surface area (TPSA) is 18.5 Å². The molecule has 1 aromatic rings. The van der Waals surface area contributed by atoms with Gasteiger partial charge in [0.1, 0.15) is 0 Å². The second-order valence-corrected chi connectivity index (χ2v) is 3.06. The van der Waals surface area contributed by atoms with Crippen LogP contribution in [0.5, 0.6) is 0 Å². The van der Waals surface area contributed by atoms with E-state index >= 15 is 0 Å². The predicted molar refractivity (Wildman–Crippen MR) is 63.4 cm³/mol. The molecule has 0 heterocycles. The van der Waals surface area contributed by atoms with Gasteiger partial charge in [0.15, 0.2) is 6.29 Å². The fourth-order valence-electron chi connectivity index (χ4n) is 1.57. The quantitative estimate of drug-likeness (QED) is 0.685. The molecule has 0 atom stereocenters. The van der Waals surface area contributed by atoms with Gasteiger partial charge in [0, 0.05) is 19.8 Å². The van der Waals surface area contributed by atoms with Gasteiger partial charge in [-0.15, -0.1) is 0 Å². The summed E-state index contributed by atoms with van der Waals surface area (Å²) < 4.78 is 10.4. The maximum atomic E-state index is 5.22. The summed E-state index contributed by atoms with van der Waals surface area (Å²) in [4.78, 5) is 0. The number of benzene rings is 1. The lowest BCUT2D eigenvalue weighted by Gasteiger charge is -2.17. The fraction of sp³-hybridized carbons (Fsp3) is 0.231. The van der Waals surface area contributed by atoms with E-state index in [9.17, 15) is 0 Å². The van der Waals surface area contributed by atoms with Crippen LogP contribution < -0.4 is 0 Å². The van der Waals surface area contributed by atoms with Crippen molar-refractivity contribution in [2.24, 2.45) is 0 Å². The van der Waals surface area contributed by atoms with E-state index in [0.29, 0.717) is 0 Å². The third-order valence-corrected chi connectivity index (χ3v) is 2.28. The van der Waals surface area contributed by atoms with E-state index in [1.807, 2.05) is 18.2 Å². The van der Waals surface area contributed by atoms with E-state index in [1.165, 1.54) is 0 Å². The first-order chi connectivity index (χ1) is 7.28. The molecule has 2 heteroatoms. The molecule has 0 N–H and O–H groups in total. The van der Waals surface area contributed by atoms with E-state index in [-0.39, 0.29) is 6.29 Å². The molecule has 0 spiro atoms. The van der Waals surface area contributed by atoms with Crippen LogP contribution >= 0.6 is 0 Å². The van der Waals surface area contributed by atoms with Gasteiger partial charge in [-0.2, -0.15) is 0 Å². The van der Waals surface area contributed by atoms with Crippen molar-refractivity contribution in [1.29, 1.82) is 0 Å². The molecule has 80 valence electrons. The largest absolute Gasteiger partial charge is 0.352 e. The minimum absolute atomic E-state index is 0.363. The first kappa shape index (κ1) is 11.7. The van der Waals surface area contributed by atoms with Crippen LogP contribution in [0.1, 0.15) is 23.0 Å². The van der Waals surface area contributed by atoms with Crippen molar-refractivity contribution in [3.63, 3.8) is 0 Å². The molecule has 0 aromatic heterocycles. The van der Waals surface area contributed by atoms with E-state index in [2.05, 4.69) is 13.2 Å². The number of hydrogen-bond donors (Lipinski definition) is 0. The van der Waals surface area contributed by atoms with Crippen molar-refractivity contribution in [2.75, 3.05) is 14.2 Å². The fourth-order valence-corrected chi connectivity index (χ4v) is 1.57. The van der Waals surface area contributed by atoms with Crippen LogP contribution in [0.15, 0.2) is 31.4 Å². The normalized spacial score (nSPS) is 10.3. The molecule has 0 aliphatic heterocycles. The number of ether oxygens (including phenoxy) is 2.